The lowest BCUT2D eigenvalue weighted by atomic mass is 9.85. The molecule has 1 heterocycles. The second kappa shape index (κ2) is 5.52. The van der Waals surface area contributed by atoms with Crippen molar-refractivity contribution >= 4 is 5.91 Å². The highest BCUT2D eigenvalue weighted by atomic mass is 16.3. The highest BCUT2D eigenvalue weighted by molar-refractivity contribution is 5.92. The maximum Gasteiger partial charge on any atom is 0.269 e. The third kappa shape index (κ3) is 2.72. The van der Waals surface area contributed by atoms with Gasteiger partial charge in [0.1, 0.15) is 5.69 Å². The molecule has 0 radical (unpaired) electrons. The van der Waals surface area contributed by atoms with E-state index in [2.05, 4.69) is 10.4 Å². The van der Waals surface area contributed by atoms with E-state index in [0.29, 0.717) is 5.69 Å². The minimum Gasteiger partial charge on any atom is -0.396 e. The van der Waals surface area contributed by atoms with Gasteiger partial charge in [-0.1, -0.05) is 12.8 Å². The molecule has 1 fully saturated rings. The van der Waals surface area contributed by atoms with Gasteiger partial charge in [-0.2, -0.15) is 5.10 Å². The van der Waals surface area contributed by atoms with E-state index in [1.165, 1.54) is 0 Å². The molecule has 1 aromatic heterocycles. The van der Waals surface area contributed by atoms with Crippen molar-refractivity contribution in [3.05, 3.63) is 17.5 Å². The molecule has 2 N–H and O–H groups in total. The quantitative estimate of drug-likeness (QED) is 0.842. The highest BCUT2D eigenvalue weighted by Gasteiger charge is 2.26. The topological polar surface area (TPSA) is 67.2 Å². The normalized spacial score (nSPS) is 23.9. The molecule has 0 spiro atoms. The summed E-state index contributed by atoms with van der Waals surface area (Å²) in [5.41, 5.74) is 1.42. The van der Waals surface area contributed by atoms with Crippen molar-refractivity contribution in [2.45, 2.75) is 38.6 Å². The number of rotatable bonds is 3. The smallest absolute Gasteiger partial charge is 0.269 e. The van der Waals surface area contributed by atoms with E-state index in [1.807, 2.05) is 6.92 Å². The lowest BCUT2D eigenvalue weighted by Crippen LogP contribution is -2.43. The van der Waals surface area contributed by atoms with Crippen LogP contribution in [0.1, 0.15) is 41.9 Å². The van der Waals surface area contributed by atoms with E-state index in [9.17, 15) is 9.90 Å². The standard InChI is InChI=1S/C13H21N3O2/c1-9-7-12(16(2)15-9)13(18)14-11-6-4-3-5-10(11)8-17/h7,10-11,17H,3-6,8H2,1-2H3,(H,14,18). The van der Waals surface area contributed by atoms with Crippen LogP contribution in [0.5, 0.6) is 0 Å². The number of aryl methyl sites for hydroxylation is 2. The monoisotopic (exact) mass is 251 g/mol. The molecule has 5 nitrogen and oxygen atoms in total. The number of amides is 1. The summed E-state index contributed by atoms with van der Waals surface area (Å²) in [5.74, 6) is 0.0977. The second-order valence-corrected chi connectivity index (χ2v) is 5.10. The zero-order valence-corrected chi connectivity index (χ0v) is 11.0. The molecule has 1 amide bonds. The van der Waals surface area contributed by atoms with Gasteiger partial charge in [0.25, 0.3) is 5.91 Å². The molecule has 0 aromatic carbocycles. The number of nitrogens with one attached hydrogen (secondary N) is 1. The van der Waals surface area contributed by atoms with Gasteiger partial charge in [-0.3, -0.25) is 9.48 Å². The van der Waals surface area contributed by atoms with Crippen LogP contribution >= 0.6 is 0 Å². The molecule has 1 saturated carbocycles. The number of hydrogen-bond acceptors (Lipinski definition) is 3. The van der Waals surface area contributed by atoms with Crippen LogP contribution < -0.4 is 5.32 Å². The molecule has 2 rings (SSSR count). The van der Waals surface area contributed by atoms with Gasteiger partial charge in [-0.15, -0.1) is 0 Å². The molecule has 5 heteroatoms. The van der Waals surface area contributed by atoms with Crippen molar-refractivity contribution in [2.75, 3.05) is 6.61 Å². The molecule has 2 atom stereocenters. The van der Waals surface area contributed by atoms with E-state index in [-0.39, 0.29) is 24.5 Å². The summed E-state index contributed by atoms with van der Waals surface area (Å²) in [6.07, 6.45) is 4.20. The van der Waals surface area contributed by atoms with Gasteiger partial charge in [0.2, 0.25) is 0 Å². The van der Waals surface area contributed by atoms with Crippen molar-refractivity contribution in [1.82, 2.24) is 15.1 Å². The number of carbonyl (C=O) groups excluding carboxylic acids is 1. The lowest BCUT2D eigenvalue weighted by Gasteiger charge is -2.30. The molecule has 1 aromatic rings. The number of aromatic nitrogens is 2. The number of carbonyl (C=O) groups is 1. The SMILES string of the molecule is Cc1cc(C(=O)NC2CCCCC2CO)n(C)n1. The summed E-state index contributed by atoms with van der Waals surface area (Å²) < 4.78 is 1.60. The predicted molar refractivity (Wildman–Crippen MR) is 68.2 cm³/mol. The van der Waals surface area contributed by atoms with E-state index in [4.69, 9.17) is 0 Å². The zero-order valence-electron chi connectivity index (χ0n) is 11.0. The molecular formula is C13H21N3O2. The van der Waals surface area contributed by atoms with Crippen molar-refractivity contribution in [3.8, 4) is 0 Å². The first kappa shape index (κ1) is 13.1. The Morgan fingerprint density at radius 2 is 2.28 bits per heavy atom. The van der Waals surface area contributed by atoms with Crippen LogP contribution in [0.15, 0.2) is 6.07 Å². The molecule has 0 bridgehead atoms. The fourth-order valence-electron chi connectivity index (χ4n) is 2.68. The van der Waals surface area contributed by atoms with Crippen molar-refractivity contribution < 1.29 is 9.90 Å². The molecule has 1 aliphatic carbocycles. The average molecular weight is 251 g/mol. The van der Waals surface area contributed by atoms with E-state index >= 15 is 0 Å². The predicted octanol–water partition coefficient (Wildman–Crippen LogP) is 1.01. The van der Waals surface area contributed by atoms with Crippen LogP contribution in [0.2, 0.25) is 0 Å². The van der Waals surface area contributed by atoms with Crippen LogP contribution in [-0.2, 0) is 7.05 Å². The number of nitrogens with zero attached hydrogens (tertiary/aromatic N) is 2. The summed E-state index contributed by atoms with van der Waals surface area (Å²) in [5, 5.41) is 16.5. The first-order chi connectivity index (χ1) is 8.61. The van der Waals surface area contributed by atoms with Crippen LogP contribution in [0.25, 0.3) is 0 Å². The molecule has 18 heavy (non-hydrogen) atoms. The number of aliphatic hydroxyl groups excluding tert-OH is 1. The Kier molecular flexibility index (Phi) is 4.01. The Labute approximate surface area is 107 Å². The van der Waals surface area contributed by atoms with Gasteiger partial charge in [0, 0.05) is 25.6 Å². The summed E-state index contributed by atoms with van der Waals surface area (Å²) in [6.45, 7) is 2.02. The number of aliphatic hydroxyl groups is 1. The third-order valence-electron chi connectivity index (χ3n) is 3.69. The first-order valence-electron chi connectivity index (χ1n) is 6.54. The average Bonchev–Trinajstić information content (AvgIpc) is 2.69. The molecule has 2 unspecified atom stereocenters. The molecule has 1 aliphatic rings. The minimum absolute atomic E-state index is 0.0893. The van der Waals surface area contributed by atoms with E-state index < -0.39 is 0 Å². The lowest BCUT2D eigenvalue weighted by molar-refractivity contribution is 0.0863. The second-order valence-electron chi connectivity index (χ2n) is 5.10. The third-order valence-corrected chi connectivity index (χ3v) is 3.69. The molecule has 0 aliphatic heterocycles. The summed E-state index contributed by atoms with van der Waals surface area (Å²) in [4.78, 5) is 12.2. The Morgan fingerprint density at radius 3 is 2.89 bits per heavy atom. The van der Waals surface area contributed by atoms with Crippen molar-refractivity contribution in [2.24, 2.45) is 13.0 Å². The Balaban J connectivity index is 2.04. The van der Waals surface area contributed by atoms with Crippen LogP contribution in [-0.4, -0.2) is 33.4 Å². The van der Waals surface area contributed by atoms with Crippen molar-refractivity contribution in [3.63, 3.8) is 0 Å². The van der Waals surface area contributed by atoms with E-state index in [1.54, 1.807) is 17.8 Å². The summed E-state index contributed by atoms with van der Waals surface area (Å²) >= 11 is 0. The van der Waals surface area contributed by atoms with Gasteiger partial charge in [-0.25, -0.2) is 0 Å². The maximum absolute atomic E-state index is 12.2. The summed E-state index contributed by atoms with van der Waals surface area (Å²) in [7, 11) is 1.77. The molecular weight excluding hydrogens is 230 g/mol. The van der Waals surface area contributed by atoms with Gasteiger partial charge in [0.05, 0.1) is 5.69 Å². The van der Waals surface area contributed by atoms with Gasteiger partial charge in [-0.05, 0) is 25.8 Å². The first-order valence-corrected chi connectivity index (χ1v) is 6.54. The van der Waals surface area contributed by atoms with Gasteiger partial charge >= 0.3 is 0 Å². The largest absolute Gasteiger partial charge is 0.396 e. The summed E-state index contributed by atoms with van der Waals surface area (Å²) in [6, 6.07) is 1.87. The van der Waals surface area contributed by atoms with Crippen LogP contribution in [0, 0.1) is 12.8 Å². The maximum atomic E-state index is 12.2. The van der Waals surface area contributed by atoms with Crippen LogP contribution in [0.4, 0.5) is 0 Å². The molecule has 0 saturated heterocycles. The zero-order chi connectivity index (χ0) is 13.1. The van der Waals surface area contributed by atoms with Crippen molar-refractivity contribution in [1.29, 1.82) is 0 Å². The van der Waals surface area contributed by atoms with Crippen LogP contribution in [0.3, 0.4) is 0 Å². The van der Waals surface area contributed by atoms with Gasteiger partial charge in [0.15, 0.2) is 0 Å². The minimum atomic E-state index is -0.0940. The Hall–Kier alpha value is -1.36. The fraction of sp³-hybridized carbons (Fsp3) is 0.692. The Bertz CT molecular complexity index is 428. The van der Waals surface area contributed by atoms with Gasteiger partial charge < -0.3 is 10.4 Å². The highest BCUT2D eigenvalue weighted by Crippen LogP contribution is 2.24. The van der Waals surface area contributed by atoms with E-state index in [0.717, 1.165) is 31.4 Å². The molecule has 100 valence electrons. The fourth-order valence-corrected chi connectivity index (χ4v) is 2.68. The Morgan fingerprint density at radius 1 is 1.56 bits per heavy atom. The number of hydrogen-bond donors (Lipinski definition) is 2.